The molecule has 0 radical (unpaired) electrons. The fourth-order valence-electron chi connectivity index (χ4n) is 2.12. The summed E-state index contributed by atoms with van der Waals surface area (Å²) in [5, 5.41) is 8.63. The predicted molar refractivity (Wildman–Crippen MR) is 50.8 cm³/mol. The minimum atomic E-state index is -3.43. The van der Waals surface area contributed by atoms with E-state index in [1.165, 1.54) is 0 Å². The van der Waals surface area contributed by atoms with Crippen molar-refractivity contribution in [2.24, 2.45) is 0 Å². The highest BCUT2D eigenvalue weighted by Gasteiger charge is 2.58. The largest absolute Gasteiger partial charge is 0.480 e. The molecule has 0 atom stereocenters. The molecular weight excluding hydrogens is 204 g/mol. The average molecular weight is 218 g/mol. The minimum Gasteiger partial charge on any atom is -0.480 e. The fraction of sp³-hybridized carbons (Fsp3) is 0.889. The van der Waals surface area contributed by atoms with Crippen molar-refractivity contribution in [2.75, 3.05) is 0 Å². The van der Waals surface area contributed by atoms with E-state index < -0.39 is 20.6 Å². The lowest BCUT2D eigenvalue weighted by Crippen LogP contribution is -2.56. The molecule has 0 aromatic heterocycles. The topological polar surface area (TPSA) is 71.4 Å². The Morgan fingerprint density at radius 3 is 2.00 bits per heavy atom. The lowest BCUT2D eigenvalue weighted by atomic mass is 9.84. The van der Waals surface area contributed by atoms with Gasteiger partial charge in [0, 0.05) is 0 Å². The Morgan fingerprint density at radius 2 is 1.79 bits per heavy atom. The van der Waals surface area contributed by atoms with Crippen LogP contribution in [-0.4, -0.2) is 29.5 Å². The van der Waals surface area contributed by atoms with Crippen molar-refractivity contribution >= 4 is 15.8 Å². The van der Waals surface area contributed by atoms with Gasteiger partial charge in [0.25, 0.3) is 0 Å². The van der Waals surface area contributed by atoms with Gasteiger partial charge in [0.1, 0.15) is 0 Å². The maximum absolute atomic E-state index is 12.0. The monoisotopic (exact) mass is 218 g/mol. The zero-order chi connectivity index (χ0) is 10.4. The van der Waals surface area contributed by atoms with E-state index in [0.717, 1.165) is 12.8 Å². The first-order valence-electron chi connectivity index (χ1n) is 4.97. The molecule has 0 unspecified atom stereocenters. The zero-order valence-electron chi connectivity index (χ0n) is 7.90. The molecule has 0 heterocycles. The Bertz CT molecular complexity index is 349. The summed E-state index contributed by atoms with van der Waals surface area (Å²) in [5.41, 5.74) is 0. The van der Waals surface area contributed by atoms with Crippen LogP contribution < -0.4 is 0 Å². The van der Waals surface area contributed by atoms with E-state index in [0.29, 0.717) is 25.7 Å². The second-order valence-corrected chi connectivity index (χ2v) is 6.79. The third-order valence-electron chi connectivity index (χ3n) is 3.59. The molecule has 80 valence electrons. The second kappa shape index (κ2) is 2.95. The number of hydrogen-bond donors (Lipinski definition) is 1. The van der Waals surface area contributed by atoms with Gasteiger partial charge in [-0.15, -0.1) is 0 Å². The Hall–Kier alpha value is -0.580. The van der Waals surface area contributed by atoms with Crippen LogP contribution in [0.3, 0.4) is 0 Å². The van der Waals surface area contributed by atoms with E-state index in [1.54, 1.807) is 0 Å². The van der Waals surface area contributed by atoms with E-state index in [1.807, 2.05) is 0 Å². The molecule has 2 rings (SSSR count). The second-order valence-electron chi connectivity index (χ2n) is 4.25. The van der Waals surface area contributed by atoms with Crippen LogP contribution in [0.1, 0.15) is 38.5 Å². The molecule has 0 bridgehead atoms. The minimum absolute atomic E-state index is 0.307. The number of carboxylic acids is 1. The molecule has 0 aromatic rings. The summed E-state index contributed by atoms with van der Waals surface area (Å²) >= 11 is 0. The summed E-state index contributed by atoms with van der Waals surface area (Å²) in [6.45, 7) is 0. The molecule has 5 heteroatoms. The quantitative estimate of drug-likeness (QED) is 0.766. The molecule has 0 aliphatic heterocycles. The van der Waals surface area contributed by atoms with Crippen LogP contribution in [-0.2, 0) is 14.6 Å². The highest BCUT2D eigenvalue weighted by Crippen LogP contribution is 2.45. The van der Waals surface area contributed by atoms with Crippen LogP contribution in [0.5, 0.6) is 0 Å². The zero-order valence-corrected chi connectivity index (χ0v) is 8.72. The molecule has 2 fully saturated rings. The summed E-state index contributed by atoms with van der Waals surface area (Å²) in [6, 6.07) is 0. The standard InChI is InChI=1S/C9H14O4S/c10-8(11)9(5-2-6-9)14(12,13)7-3-1-4-7/h7H,1-6H2,(H,10,11). The summed E-state index contributed by atoms with van der Waals surface area (Å²) in [7, 11) is -3.43. The SMILES string of the molecule is O=C(O)C1(S(=O)(=O)C2CCC2)CCC1. The van der Waals surface area contributed by atoms with Crippen LogP contribution in [0.4, 0.5) is 0 Å². The summed E-state index contributed by atoms with van der Waals surface area (Å²) in [6.07, 6.45) is 3.55. The third-order valence-corrected chi connectivity index (χ3v) is 6.61. The van der Waals surface area contributed by atoms with E-state index in [-0.39, 0.29) is 5.25 Å². The molecule has 0 saturated heterocycles. The van der Waals surface area contributed by atoms with Crippen molar-refractivity contribution in [3.8, 4) is 0 Å². The van der Waals surface area contributed by atoms with Gasteiger partial charge in [-0.3, -0.25) is 4.79 Å². The van der Waals surface area contributed by atoms with E-state index in [9.17, 15) is 13.2 Å². The first-order valence-corrected chi connectivity index (χ1v) is 6.52. The van der Waals surface area contributed by atoms with Crippen molar-refractivity contribution in [1.82, 2.24) is 0 Å². The van der Waals surface area contributed by atoms with E-state index in [2.05, 4.69) is 0 Å². The Balaban J connectivity index is 2.31. The number of sulfone groups is 1. The molecule has 2 aliphatic carbocycles. The van der Waals surface area contributed by atoms with Crippen LogP contribution >= 0.6 is 0 Å². The van der Waals surface area contributed by atoms with Gasteiger partial charge in [0.2, 0.25) is 0 Å². The summed E-state index contributed by atoms with van der Waals surface area (Å²) < 4.78 is 22.5. The molecule has 2 saturated carbocycles. The van der Waals surface area contributed by atoms with Crippen molar-refractivity contribution in [3.63, 3.8) is 0 Å². The molecule has 0 spiro atoms. The number of carbonyl (C=O) groups is 1. The van der Waals surface area contributed by atoms with Crippen LogP contribution in [0.25, 0.3) is 0 Å². The fourth-order valence-corrected chi connectivity index (χ4v) is 4.81. The third kappa shape index (κ3) is 1.05. The molecule has 1 N–H and O–H groups in total. The smallest absolute Gasteiger partial charge is 0.325 e. The van der Waals surface area contributed by atoms with Crippen molar-refractivity contribution < 1.29 is 18.3 Å². The van der Waals surface area contributed by atoms with Crippen LogP contribution in [0, 0.1) is 0 Å². The lowest BCUT2D eigenvalue weighted by molar-refractivity contribution is -0.142. The van der Waals surface area contributed by atoms with Gasteiger partial charge in [0.05, 0.1) is 5.25 Å². The number of aliphatic carboxylic acids is 1. The number of carboxylic acid groups (broad SMARTS) is 1. The van der Waals surface area contributed by atoms with Gasteiger partial charge in [-0.05, 0) is 32.1 Å². The normalized spacial score (nSPS) is 26.3. The average Bonchev–Trinajstić information content (AvgIpc) is 1.73. The maximum Gasteiger partial charge on any atom is 0.325 e. The highest BCUT2D eigenvalue weighted by molar-refractivity contribution is 7.94. The van der Waals surface area contributed by atoms with Gasteiger partial charge in [-0.1, -0.05) is 6.42 Å². The number of hydrogen-bond acceptors (Lipinski definition) is 3. The lowest BCUT2D eigenvalue weighted by Gasteiger charge is -2.41. The Kier molecular flexibility index (Phi) is 2.10. The van der Waals surface area contributed by atoms with Crippen LogP contribution in [0.2, 0.25) is 0 Å². The van der Waals surface area contributed by atoms with Crippen molar-refractivity contribution in [2.45, 2.75) is 48.5 Å². The van der Waals surface area contributed by atoms with Gasteiger partial charge in [-0.2, -0.15) is 0 Å². The molecule has 2 aliphatic rings. The van der Waals surface area contributed by atoms with Gasteiger partial charge in [0.15, 0.2) is 14.6 Å². The Labute approximate surface area is 83.2 Å². The Morgan fingerprint density at radius 1 is 1.21 bits per heavy atom. The van der Waals surface area contributed by atoms with E-state index in [4.69, 9.17) is 5.11 Å². The molecule has 0 aromatic carbocycles. The highest BCUT2D eigenvalue weighted by atomic mass is 32.2. The van der Waals surface area contributed by atoms with Gasteiger partial charge in [-0.25, -0.2) is 8.42 Å². The molecule has 4 nitrogen and oxygen atoms in total. The summed E-state index contributed by atoms with van der Waals surface area (Å²) in [5.74, 6) is -1.14. The summed E-state index contributed by atoms with van der Waals surface area (Å²) in [4.78, 5) is 11.0. The predicted octanol–water partition coefficient (Wildman–Crippen LogP) is 0.961. The molecule has 0 amide bonds. The maximum atomic E-state index is 12.0. The molecular formula is C9H14O4S. The van der Waals surface area contributed by atoms with Crippen LogP contribution in [0.15, 0.2) is 0 Å². The van der Waals surface area contributed by atoms with E-state index >= 15 is 0 Å². The molecule has 14 heavy (non-hydrogen) atoms. The van der Waals surface area contributed by atoms with Gasteiger partial charge >= 0.3 is 5.97 Å². The number of rotatable bonds is 3. The van der Waals surface area contributed by atoms with Crippen molar-refractivity contribution in [1.29, 1.82) is 0 Å². The van der Waals surface area contributed by atoms with Gasteiger partial charge < -0.3 is 5.11 Å². The first-order chi connectivity index (χ1) is 6.51. The first kappa shape index (κ1) is 9.96. The van der Waals surface area contributed by atoms with Crippen molar-refractivity contribution in [3.05, 3.63) is 0 Å².